The number of rotatable bonds is 4. The molecular formula is C20H24N2O3S2. The molecule has 2 aromatic rings. The molecule has 1 aliphatic heterocycles. The molecule has 1 aliphatic carbocycles. The Hall–Kier alpha value is -1.70. The molecule has 7 heteroatoms. The second-order valence-electron chi connectivity index (χ2n) is 7.29. The topological polar surface area (TPSA) is 66.5 Å². The van der Waals surface area contributed by atoms with Gasteiger partial charge in [0.25, 0.3) is 10.0 Å². The number of benzene rings is 1. The number of nitrogens with zero attached hydrogens (tertiary/aromatic N) is 1. The van der Waals surface area contributed by atoms with Crippen LogP contribution in [0.15, 0.2) is 46.0 Å². The van der Waals surface area contributed by atoms with E-state index in [9.17, 15) is 13.2 Å². The van der Waals surface area contributed by atoms with E-state index in [-0.39, 0.29) is 24.4 Å². The zero-order valence-electron chi connectivity index (χ0n) is 15.1. The number of sulfonamides is 1. The zero-order chi connectivity index (χ0) is 18.9. The first kappa shape index (κ1) is 18.7. The maximum atomic E-state index is 12.9. The normalized spacial score (nSPS) is 23.6. The van der Waals surface area contributed by atoms with Crippen LogP contribution in [-0.2, 0) is 21.2 Å². The average molecular weight is 405 g/mol. The maximum absolute atomic E-state index is 12.9. The molecule has 1 saturated heterocycles. The Bertz CT molecular complexity index is 909. The Kier molecular flexibility index (Phi) is 5.34. The predicted octanol–water partition coefficient (Wildman–Crippen LogP) is 3.34. The van der Waals surface area contributed by atoms with Gasteiger partial charge in [-0.15, -0.1) is 11.3 Å². The summed E-state index contributed by atoms with van der Waals surface area (Å²) in [7, 11) is -3.50. The van der Waals surface area contributed by atoms with E-state index < -0.39 is 10.0 Å². The van der Waals surface area contributed by atoms with Crippen LogP contribution in [0.1, 0.15) is 42.9 Å². The van der Waals surface area contributed by atoms with Gasteiger partial charge >= 0.3 is 0 Å². The zero-order valence-corrected chi connectivity index (χ0v) is 16.8. The van der Waals surface area contributed by atoms with Crippen molar-refractivity contribution in [2.45, 2.75) is 42.4 Å². The lowest BCUT2D eigenvalue weighted by Gasteiger charge is -2.33. The van der Waals surface area contributed by atoms with Crippen LogP contribution in [0.3, 0.4) is 0 Å². The quantitative estimate of drug-likeness (QED) is 0.850. The minimum atomic E-state index is -3.50. The van der Waals surface area contributed by atoms with Crippen LogP contribution >= 0.6 is 11.3 Å². The number of aryl methyl sites for hydroxylation is 1. The molecule has 144 valence electrons. The van der Waals surface area contributed by atoms with E-state index in [4.69, 9.17) is 0 Å². The molecule has 1 N–H and O–H groups in total. The summed E-state index contributed by atoms with van der Waals surface area (Å²) in [6.45, 7) is 0.747. The number of amides is 1. The Morgan fingerprint density at radius 2 is 1.96 bits per heavy atom. The number of nitrogens with one attached hydrogen (secondary N) is 1. The summed E-state index contributed by atoms with van der Waals surface area (Å²) in [6, 6.07) is 11.7. The van der Waals surface area contributed by atoms with E-state index >= 15 is 0 Å². The highest BCUT2D eigenvalue weighted by Crippen LogP contribution is 2.31. The number of fused-ring (bicyclic) bond motifs is 1. The van der Waals surface area contributed by atoms with E-state index in [1.165, 1.54) is 26.8 Å². The van der Waals surface area contributed by atoms with Crippen molar-refractivity contribution in [2.24, 2.45) is 5.92 Å². The lowest BCUT2D eigenvalue weighted by Crippen LogP contribution is -2.46. The van der Waals surface area contributed by atoms with E-state index in [1.54, 1.807) is 17.5 Å². The van der Waals surface area contributed by atoms with Gasteiger partial charge in [0.15, 0.2) is 0 Å². The van der Waals surface area contributed by atoms with Crippen LogP contribution in [0.25, 0.3) is 0 Å². The maximum Gasteiger partial charge on any atom is 0.252 e. The summed E-state index contributed by atoms with van der Waals surface area (Å²) in [4.78, 5) is 12.9. The van der Waals surface area contributed by atoms with Crippen LogP contribution in [0.5, 0.6) is 0 Å². The molecule has 0 radical (unpaired) electrons. The van der Waals surface area contributed by atoms with Gasteiger partial charge in [0.1, 0.15) is 4.21 Å². The number of carbonyl (C=O) groups excluding carboxylic acids is 1. The van der Waals surface area contributed by atoms with Crippen LogP contribution in [0.2, 0.25) is 0 Å². The molecule has 2 atom stereocenters. The van der Waals surface area contributed by atoms with Crippen molar-refractivity contribution in [2.75, 3.05) is 13.1 Å². The molecule has 4 rings (SSSR count). The second-order valence-corrected chi connectivity index (χ2v) is 10.4. The fraction of sp³-hybridized carbons (Fsp3) is 0.450. The largest absolute Gasteiger partial charge is 0.349 e. The fourth-order valence-corrected chi connectivity index (χ4v) is 6.77. The van der Waals surface area contributed by atoms with Gasteiger partial charge in [-0.2, -0.15) is 4.31 Å². The highest BCUT2D eigenvalue weighted by atomic mass is 32.2. The molecule has 0 bridgehead atoms. The van der Waals surface area contributed by atoms with Gasteiger partial charge < -0.3 is 5.32 Å². The molecule has 1 amide bonds. The number of hydrogen-bond acceptors (Lipinski definition) is 4. The molecule has 2 heterocycles. The lowest BCUT2D eigenvalue weighted by atomic mass is 9.87. The first-order chi connectivity index (χ1) is 13.1. The van der Waals surface area contributed by atoms with Gasteiger partial charge in [-0.1, -0.05) is 30.3 Å². The first-order valence-electron chi connectivity index (χ1n) is 9.47. The summed E-state index contributed by atoms with van der Waals surface area (Å²) in [5, 5.41) is 4.96. The summed E-state index contributed by atoms with van der Waals surface area (Å²) in [5.41, 5.74) is 2.51. The monoisotopic (exact) mass is 404 g/mol. The van der Waals surface area contributed by atoms with E-state index in [2.05, 4.69) is 17.4 Å². The van der Waals surface area contributed by atoms with Gasteiger partial charge in [0.05, 0.1) is 12.0 Å². The van der Waals surface area contributed by atoms with Crippen molar-refractivity contribution < 1.29 is 13.2 Å². The van der Waals surface area contributed by atoms with Crippen molar-refractivity contribution in [3.05, 3.63) is 52.9 Å². The van der Waals surface area contributed by atoms with E-state index in [1.807, 2.05) is 12.1 Å². The van der Waals surface area contributed by atoms with Gasteiger partial charge in [0, 0.05) is 13.1 Å². The standard InChI is InChI=1S/C20H24N2O3S2/c23-20(21-18-10-3-7-15-6-1-2-9-17(15)18)16-8-4-12-22(14-16)27(24,25)19-11-5-13-26-19/h1-2,5-6,9,11,13,16,18H,3-4,7-8,10,12,14H2,(H,21,23). The molecule has 27 heavy (non-hydrogen) atoms. The lowest BCUT2D eigenvalue weighted by molar-refractivity contribution is -0.127. The van der Waals surface area contributed by atoms with Gasteiger partial charge in [0.2, 0.25) is 5.91 Å². The number of thiophene rings is 1. The summed E-state index contributed by atoms with van der Waals surface area (Å²) in [5.74, 6) is -0.314. The second kappa shape index (κ2) is 7.73. The van der Waals surface area contributed by atoms with E-state index in [0.29, 0.717) is 17.2 Å². The van der Waals surface area contributed by atoms with Crippen LogP contribution in [0.4, 0.5) is 0 Å². The predicted molar refractivity (Wildman–Crippen MR) is 106 cm³/mol. The average Bonchev–Trinajstić information content (AvgIpc) is 3.24. The SMILES string of the molecule is O=C(NC1CCCc2ccccc21)C1CCCN(S(=O)(=O)c2cccs2)C1. The fourth-order valence-electron chi connectivity index (χ4n) is 4.11. The molecule has 1 aromatic carbocycles. The molecular weight excluding hydrogens is 380 g/mol. The third kappa shape index (κ3) is 3.81. The third-order valence-electron chi connectivity index (χ3n) is 5.53. The third-order valence-corrected chi connectivity index (χ3v) is 8.77. The van der Waals surface area contributed by atoms with Crippen LogP contribution in [0, 0.1) is 5.92 Å². The minimum absolute atomic E-state index is 0.0252. The van der Waals surface area contributed by atoms with Crippen LogP contribution in [-0.4, -0.2) is 31.7 Å². The molecule has 1 fully saturated rings. The number of carbonyl (C=O) groups is 1. The summed E-state index contributed by atoms with van der Waals surface area (Å²) in [6.07, 6.45) is 4.50. The number of hydrogen-bond donors (Lipinski definition) is 1. The molecule has 1 aromatic heterocycles. The highest BCUT2D eigenvalue weighted by molar-refractivity contribution is 7.91. The Labute approximate surface area is 164 Å². The molecule has 5 nitrogen and oxygen atoms in total. The summed E-state index contributed by atoms with van der Waals surface area (Å²) >= 11 is 1.22. The Morgan fingerprint density at radius 1 is 1.11 bits per heavy atom. The van der Waals surface area contributed by atoms with Crippen molar-refractivity contribution >= 4 is 27.3 Å². The van der Waals surface area contributed by atoms with Gasteiger partial charge in [-0.25, -0.2) is 8.42 Å². The Morgan fingerprint density at radius 3 is 2.78 bits per heavy atom. The smallest absolute Gasteiger partial charge is 0.252 e. The molecule has 0 spiro atoms. The summed E-state index contributed by atoms with van der Waals surface area (Å²) < 4.78 is 27.4. The molecule has 0 saturated carbocycles. The van der Waals surface area contributed by atoms with Crippen molar-refractivity contribution in [3.8, 4) is 0 Å². The Balaban J connectivity index is 1.46. The van der Waals surface area contributed by atoms with E-state index in [0.717, 1.165) is 25.7 Å². The number of piperidine rings is 1. The highest BCUT2D eigenvalue weighted by Gasteiger charge is 2.34. The van der Waals surface area contributed by atoms with Crippen LogP contribution < -0.4 is 5.32 Å². The van der Waals surface area contributed by atoms with Crippen molar-refractivity contribution in [1.29, 1.82) is 0 Å². The van der Waals surface area contributed by atoms with Crippen molar-refractivity contribution in [3.63, 3.8) is 0 Å². The van der Waals surface area contributed by atoms with Gasteiger partial charge in [-0.05, 0) is 54.7 Å². The van der Waals surface area contributed by atoms with Gasteiger partial charge in [-0.3, -0.25) is 4.79 Å². The first-order valence-corrected chi connectivity index (χ1v) is 11.8. The molecule has 2 aliphatic rings. The van der Waals surface area contributed by atoms with Crippen molar-refractivity contribution in [1.82, 2.24) is 9.62 Å². The minimum Gasteiger partial charge on any atom is -0.349 e. The molecule has 2 unspecified atom stereocenters.